The van der Waals surface area contributed by atoms with Crippen LogP contribution >= 0.6 is 0 Å². The van der Waals surface area contributed by atoms with Gasteiger partial charge in [-0.3, -0.25) is 9.59 Å². The van der Waals surface area contributed by atoms with Gasteiger partial charge in [0, 0.05) is 55.6 Å². The van der Waals surface area contributed by atoms with E-state index >= 15 is 0 Å². The van der Waals surface area contributed by atoms with Crippen LogP contribution in [0.1, 0.15) is 22.3 Å². The number of rotatable bonds is 3. The van der Waals surface area contributed by atoms with Gasteiger partial charge in [-0.1, -0.05) is 12.1 Å². The number of ether oxygens (including phenoxy) is 4. The Morgan fingerprint density at radius 1 is 0.956 bits per heavy atom. The van der Waals surface area contributed by atoms with Crippen molar-refractivity contribution in [2.75, 3.05) is 38.8 Å². The van der Waals surface area contributed by atoms with Crippen molar-refractivity contribution in [1.82, 2.24) is 20.6 Å². The molecule has 0 spiro atoms. The number of halogens is 1. The van der Waals surface area contributed by atoms with Gasteiger partial charge in [0.05, 0.1) is 20.3 Å². The largest absolute Gasteiger partial charge is 0.496 e. The summed E-state index contributed by atoms with van der Waals surface area (Å²) in [5.41, 5.74) is 2.33. The summed E-state index contributed by atoms with van der Waals surface area (Å²) in [5, 5.41) is 5.91. The quantitative estimate of drug-likeness (QED) is 0.356. The molecule has 0 saturated carbocycles. The highest BCUT2D eigenvalue weighted by atomic mass is 19.1. The lowest BCUT2D eigenvalue weighted by molar-refractivity contribution is -0.123. The molecule has 1 saturated heterocycles. The number of hydrogen-bond acceptors (Lipinski definition) is 9. The van der Waals surface area contributed by atoms with Crippen molar-refractivity contribution >= 4 is 17.6 Å². The van der Waals surface area contributed by atoms with Gasteiger partial charge in [-0.05, 0) is 53.6 Å². The lowest BCUT2D eigenvalue weighted by Crippen LogP contribution is -2.57. The molecule has 3 heterocycles. The third kappa shape index (κ3) is 6.74. The minimum Gasteiger partial charge on any atom is -0.496 e. The first-order chi connectivity index (χ1) is 21.9. The van der Waals surface area contributed by atoms with E-state index in [4.69, 9.17) is 18.9 Å². The maximum Gasteiger partial charge on any atom is 0.258 e. The molecule has 2 aliphatic rings. The molecule has 12 heteroatoms. The van der Waals surface area contributed by atoms with Gasteiger partial charge in [-0.15, -0.1) is 0 Å². The van der Waals surface area contributed by atoms with Crippen LogP contribution in [0.2, 0.25) is 0 Å². The SMILES string of the molecule is COc1ccc2cc1-c1cccc(c1)OCC(=O)NCc1cc(F)cc(c1)O[C@@H]1CCN(c3nccnc3OC)C[C@H]1NC2=O. The molecule has 6 rings (SSSR count). The van der Waals surface area contributed by atoms with Gasteiger partial charge in [-0.25, -0.2) is 14.4 Å². The molecular weight excluding hydrogens is 581 g/mol. The molecule has 2 aliphatic heterocycles. The average Bonchev–Trinajstić information content (AvgIpc) is 3.06. The van der Waals surface area contributed by atoms with E-state index in [1.54, 1.807) is 62.0 Å². The van der Waals surface area contributed by atoms with Crippen LogP contribution < -0.4 is 34.5 Å². The van der Waals surface area contributed by atoms with Crippen LogP contribution in [-0.4, -0.2) is 67.8 Å². The molecule has 2 N–H and O–H groups in total. The number of anilines is 1. The fraction of sp³-hybridized carbons (Fsp3) is 0.273. The van der Waals surface area contributed by atoms with Crippen LogP contribution in [-0.2, 0) is 11.3 Å². The Kier molecular flexibility index (Phi) is 8.63. The summed E-state index contributed by atoms with van der Waals surface area (Å²) in [6, 6.07) is 16.1. The molecule has 6 bridgehead atoms. The Labute approximate surface area is 259 Å². The fourth-order valence-corrected chi connectivity index (χ4v) is 5.53. The Bertz CT molecular complexity index is 1720. The standard InChI is InChI=1S/C33H32FN5O6/c1-42-28-7-6-22-15-26(28)21-4-3-5-24(14-21)44-19-30(40)37-17-20-12-23(34)16-25(13-20)45-29-8-11-39(18-27(29)38-32(22)41)31-33(43-2)36-10-9-35-31/h3-7,9-10,12-16,27,29H,8,11,17-19H2,1-2H3,(H,37,40)(H,38,41)/t27-,29-/m1/s1. The van der Waals surface area contributed by atoms with Crippen molar-refractivity contribution in [3.63, 3.8) is 0 Å². The monoisotopic (exact) mass is 613 g/mol. The second kappa shape index (κ2) is 13.1. The van der Waals surface area contributed by atoms with E-state index in [1.165, 1.54) is 19.2 Å². The Hall–Kier alpha value is -5.39. The number of carbonyl (C=O) groups is 2. The van der Waals surface area contributed by atoms with Crippen molar-refractivity contribution in [2.24, 2.45) is 0 Å². The lowest BCUT2D eigenvalue weighted by atomic mass is 9.99. The summed E-state index contributed by atoms with van der Waals surface area (Å²) < 4.78 is 37.8. The lowest BCUT2D eigenvalue weighted by Gasteiger charge is -2.39. The molecule has 0 aliphatic carbocycles. The summed E-state index contributed by atoms with van der Waals surface area (Å²) >= 11 is 0. The highest BCUT2D eigenvalue weighted by Gasteiger charge is 2.34. The molecule has 4 aromatic rings. The highest BCUT2D eigenvalue weighted by Crippen LogP contribution is 2.34. The third-order valence-corrected chi connectivity index (χ3v) is 7.69. The van der Waals surface area contributed by atoms with Gasteiger partial charge < -0.3 is 34.5 Å². The second-order valence-corrected chi connectivity index (χ2v) is 10.7. The number of amides is 2. The molecule has 1 fully saturated rings. The summed E-state index contributed by atoms with van der Waals surface area (Å²) in [7, 11) is 3.08. The molecule has 45 heavy (non-hydrogen) atoms. The zero-order chi connectivity index (χ0) is 31.3. The van der Waals surface area contributed by atoms with Gasteiger partial charge in [0.25, 0.3) is 17.7 Å². The first-order valence-corrected chi connectivity index (χ1v) is 14.4. The van der Waals surface area contributed by atoms with Crippen LogP contribution in [0, 0.1) is 5.82 Å². The topological polar surface area (TPSA) is 124 Å². The van der Waals surface area contributed by atoms with E-state index in [9.17, 15) is 14.0 Å². The first kappa shape index (κ1) is 29.7. The molecule has 3 aromatic carbocycles. The smallest absolute Gasteiger partial charge is 0.258 e. The van der Waals surface area contributed by atoms with E-state index < -0.39 is 18.0 Å². The molecule has 0 radical (unpaired) electrons. The number of carbonyl (C=O) groups excluding carboxylic acids is 2. The first-order valence-electron chi connectivity index (χ1n) is 14.4. The average molecular weight is 614 g/mol. The van der Waals surface area contributed by atoms with Crippen LogP contribution in [0.25, 0.3) is 11.1 Å². The predicted octanol–water partition coefficient (Wildman–Crippen LogP) is 3.76. The minimum absolute atomic E-state index is 0.0739. The van der Waals surface area contributed by atoms with Crippen LogP contribution in [0.15, 0.2) is 73.1 Å². The fourth-order valence-electron chi connectivity index (χ4n) is 5.53. The maximum absolute atomic E-state index is 14.7. The number of nitrogens with one attached hydrogen (secondary N) is 2. The zero-order valence-electron chi connectivity index (χ0n) is 24.8. The number of benzene rings is 3. The summed E-state index contributed by atoms with van der Waals surface area (Å²) in [5.74, 6) is 1.01. The van der Waals surface area contributed by atoms with E-state index in [1.807, 2.05) is 11.0 Å². The molecule has 2 amide bonds. The molecule has 11 nitrogen and oxygen atoms in total. The van der Waals surface area contributed by atoms with Gasteiger partial charge >= 0.3 is 0 Å². The Balaban J connectivity index is 1.38. The normalized spacial score (nSPS) is 18.4. The zero-order valence-corrected chi connectivity index (χ0v) is 24.8. The summed E-state index contributed by atoms with van der Waals surface area (Å²) in [6.07, 6.45) is 3.09. The number of hydrogen-bond donors (Lipinski definition) is 2. The Morgan fingerprint density at radius 2 is 1.82 bits per heavy atom. The summed E-state index contributed by atoms with van der Waals surface area (Å²) in [4.78, 5) is 37.1. The van der Waals surface area contributed by atoms with Gasteiger partial charge in [-0.2, -0.15) is 0 Å². The maximum atomic E-state index is 14.7. The number of aromatic nitrogens is 2. The number of methoxy groups -OCH3 is 2. The predicted molar refractivity (Wildman–Crippen MR) is 163 cm³/mol. The van der Waals surface area contributed by atoms with Crippen molar-refractivity contribution in [3.05, 3.63) is 90.0 Å². The van der Waals surface area contributed by atoms with E-state index in [0.29, 0.717) is 59.4 Å². The van der Waals surface area contributed by atoms with Crippen LogP contribution in [0.4, 0.5) is 10.2 Å². The van der Waals surface area contributed by atoms with E-state index in [2.05, 4.69) is 20.6 Å². The van der Waals surface area contributed by atoms with Crippen LogP contribution in [0.5, 0.6) is 23.1 Å². The second-order valence-electron chi connectivity index (χ2n) is 10.7. The van der Waals surface area contributed by atoms with Crippen molar-refractivity contribution in [2.45, 2.75) is 25.1 Å². The molecular formula is C33H32FN5O6. The van der Waals surface area contributed by atoms with Crippen molar-refractivity contribution < 1.29 is 32.9 Å². The number of nitrogens with zero attached hydrogens (tertiary/aromatic N) is 3. The highest BCUT2D eigenvalue weighted by molar-refractivity contribution is 5.96. The number of fused-ring (bicyclic) bond motifs is 8. The minimum atomic E-state index is -0.534. The third-order valence-electron chi connectivity index (χ3n) is 7.69. The van der Waals surface area contributed by atoms with E-state index in [0.717, 1.165) is 5.56 Å². The summed E-state index contributed by atoms with van der Waals surface area (Å²) in [6.45, 7) is 0.683. The molecule has 1 aromatic heterocycles. The van der Waals surface area contributed by atoms with Crippen LogP contribution in [0.3, 0.4) is 0 Å². The molecule has 232 valence electrons. The van der Waals surface area contributed by atoms with Gasteiger partial charge in [0.15, 0.2) is 12.4 Å². The van der Waals surface area contributed by atoms with Gasteiger partial charge in [0.1, 0.15) is 29.2 Å². The van der Waals surface area contributed by atoms with Crippen molar-refractivity contribution in [3.8, 4) is 34.3 Å². The van der Waals surface area contributed by atoms with Gasteiger partial charge in [0.2, 0.25) is 0 Å². The van der Waals surface area contributed by atoms with E-state index in [-0.39, 0.29) is 30.7 Å². The molecule has 0 unspecified atom stereocenters. The van der Waals surface area contributed by atoms with Crippen molar-refractivity contribution in [1.29, 1.82) is 0 Å². The molecule has 2 atom stereocenters. The Morgan fingerprint density at radius 3 is 2.67 bits per heavy atom. The number of piperidine rings is 1.